The van der Waals surface area contributed by atoms with Crippen molar-refractivity contribution >= 4 is 64.2 Å². The third kappa shape index (κ3) is 8.73. The first-order valence-electron chi connectivity index (χ1n) is 12.7. The molecule has 0 radical (unpaired) electrons. The van der Waals surface area contributed by atoms with Crippen LogP contribution in [0.2, 0.25) is 5.02 Å². The van der Waals surface area contributed by atoms with Crippen molar-refractivity contribution in [2.24, 2.45) is 0 Å². The Balaban J connectivity index is 1.47. The molecule has 0 saturated heterocycles. The van der Waals surface area contributed by atoms with Crippen LogP contribution in [0.3, 0.4) is 0 Å². The van der Waals surface area contributed by atoms with E-state index in [0.29, 0.717) is 22.0 Å². The zero-order valence-electron chi connectivity index (χ0n) is 22.6. The molecule has 3 N–H and O–H groups in total. The second kappa shape index (κ2) is 14.2. The van der Waals surface area contributed by atoms with Crippen LogP contribution < -0.4 is 20.9 Å². The standard InChI is InChI=1S/C32H29ClN4O3S/c1-37(2)25-17-15-22(16-18-25)19-29(36-31(39)23-9-4-3-5-10-23)32(40)34-24-11-8-12-26(20-24)41-21-30(38)35-28-14-7-6-13-27(28)33/h3-20H,21H2,1-2H3,(H,34,40)(H,35,38)(H,36,39)/b29-19+. The van der Waals surface area contributed by atoms with Crippen molar-refractivity contribution < 1.29 is 14.4 Å². The number of carbonyl (C=O) groups is 3. The van der Waals surface area contributed by atoms with Crippen LogP contribution in [-0.4, -0.2) is 37.6 Å². The van der Waals surface area contributed by atoms with Crippen molar-refractivity contribution in [1.82, 2.24) is 5.32 Å². The molecule has 3 amide bonds. The van der Waals surface area contributed by atoms with Gasteiger partial charge in [0.1, 0.15) is 5.70 Å². The Hall–Kier alpha value is -4.53. The van der Waals surface area contributed by atoms with Gasteiger partial charge in [-0.05, 0) is 66.2 Å². The van der Waals surface area contributed by atoms with Gasteiger partial charge in [0.05, 0.1) is 16.5 Å². The molecule has 7 nitrogen and oxygen atoms in total. The highest BCUT2D eigenvalue weighted by Crippen LogP contribution is 2.24. The van der Waals surface area contributed by atoms with Crippen LogP contribution in [0, 0.1) is 0 Å². The van der Waals surface area contributed by atoms with Gasteiger partial charge < -0.3 is 20.9 Å². The number of hydrogen-bond acceptors (Lipinski definition) is 5. The van der Waals surface area contributed by atoms with Crippen LogP contribution in [0.15, 0.2) is 114 Å². The van der Waals surface area contributed by atoms with E-state index in [2.05, 4.69) is 16.0 Å². The highest BCUT2D eigenvalue weighted by Gasteiger charge is 2.16. The molecule has 9 heteroatoms. The lowest BCUT2D eigenvalue weighted by Crippen LogP contribution is -2.30. The predicted molar refractivity (Wildman–Crippen MR) is 169 cm³/mol. The third-order valence-corrected chi connectivity index (χ3v) is 7.18. The molecule has 0 saturated carbocycles. The van der Waals surface area contributed by atoms with Gasteiger partial charge in [0.15, 0.2) is 0 Å². The quantitative estimate of drug-likeness (QED) is 0.145. The average molecular weight is 585 g/mol. The lowest BCUT2D eigenvalue weighted by Gasteiger charge is -2.14. The fourth-order valence-electron chi connectivity index (χ4n) is 3.74. The molecule has 4 aromatic rings. The molecule has 0 aromatic heterocycles. The van der Waals surface area contributed by atoms with Crippen molar-refractivity contribution in [3.05, 3.63) is 125 Å². The van der Waals surface area contributed by atoms with E-state index in [1.54, 1.807) is 72.8 Å². The van der Waals surface area contributed by atoms with Gasteiger partial charge in [0, 0.05) is 35.9 Å². The summed E-state index contributed by atoms with van der Waals surface area (Å²) in [6, 6.07) is 30.5. The summed E-state index contributed by atoms with van der Waals surface area (Å²) >= 11 is 7.45. The molecular formula is C32H29ClN4O3S. The lowest BCUT2D eigenvalue weighted by molar-refractivity contribution is -0.114. The van der Waals surface area contributed by atoms with Gasteiger partial charge in [-0.25, -0.2) is 0 Å². The number of nitrogens with zero attached hydrogens (tertiary/aromatic N) is 1. The summed E-state index contributed by atoms with van der Waals surface area (Å²) < 4.78 is 0. The number of carbonyl (C=O) groups excluding carboxylic acids is 3. The van der Waals surface area contributed by atoms with Gasteiger partial charge >= 0.3 is 0 Å². The molecule has 0 unspecified atom stereocenters. The maximum Gasteiger partial charge on any atom is 0.272 e. The first-order chi connectivity index (χ1) is 19.8. The Morgan fingerprint density at radius 2 is 1.54 bits per heavy atom. The molecule has 0 heterocycles. The van der Waals surface area contributed by atoms with E-state index >= 15 is 0 Å². The summed E-state index contributed by atoms with van der Waals surface area (Å²) in [5.74, 6) is -0.925. The molecule has 208 valence electrons. The average Bonchev–Trinajstić information content (AvgIpc) is 2.98. The molecule has 0 aliphatic rings. The van der Waals surface area contributed by atoms with E-state index in [4.69, 9.17) is 11.6 Å². The normalized spacial score (nSPS) is 11.0. The first kappa shape index (κ1) is 29.5. The number of amides is 3. The first-order valence-corrected chi connectivity index (χ1v) is 14.1. The maximum atomic E-state index is 13.4. The summed E-state index contributed by atoms with van der Waals surface area (Å²) in [6.45, 7) is 0. The lowest BCUT2D eigenvalue weighted by atomic mass is 10.1. The van der Waals surface area contributed by atoms with Crippen LogP contribution in [0.5, 0.6) is 0 Å². The van der Waals surface area contributed by atoms with Crippen LogP contribution in [0.1, 0.15) is 15.9 Å². The van der Waals surface area contributed by atoms with Gasteiger partial charge in [-0.2, -0.15) is 0 Å². The van der Waals surface area contributed by atoms with Gasteiger partial charge in [0.25, 0.3) is 11.8 Å². The molecule has 0 spiro atoms. The second-order valence-electron chi connectivity index (χ2n) is 9.16. The largest absolute Gasteiger partial charge is 0.378 e. The van der Waals surface area contributed by atoms with E-state index in [0.717, 1.165) is 16.1 Å². The van der Waals surface area contributed by atoms with Crippen molar-refractivity contribution in [1.29, 1.82) is 0 Å². The van der Waals surface area contributed by atoms with Crippen LogP contribution in [0.25, 0.3) is 6.08 Å². The van der Waals surface area contributed by atoms with Crippen molar-refractivity contribution in [3.63, 3.8) is 0 Å². The monoisotopic (exact) mass is 584 g/mol. The number of hydrogen-bond donors (Lipinski definition) is 3. The fraction of sp³-hybridized carbons (Fsp3) is 0.0938. The summed E-state index contributed by atoms with van der Waals surface area (Å²) in [4.78, 5) is 41.5. The Kier molecular flexibility index (Phi) is 10.2. The van der Waals surface area contributed by atoms with Crippen molar-refractivity contribution in [2.45, 2.75) is 4.90 Å². The minimum Gasteiger partial charge on any atom is -0.378 e. The smallest absolute Gasteiger partial charge is 0.272 e. The van der Waals surface area contributed by atoms with E-state index in [9.17, 15) is 14.4 Å². The van der Waals surface area contributed by atoms with Gasteiger partial charge in [-0.3, -0.25) is 14.4 Å². The molecule has 0 aliphatic carbocycles. The number of benzene rings is 4. The number of rotatable bonds is 10. The topological polar surface area (TPSA) is 90.5 Å². The minimum atomic E-state index is -0.482. The number of halogens is 1. The Bertz CT molecular complexity index is 1560. The van der Waals surface area contributed by atoms with Gasteiger partial charge in [-0.15, -0.1) is 11.8 Å². The highest BCUT2D eigenvalue weighted by molar-refractivity contribution is 8.00. The number of nitrogens with one attached hydrogen (secondary N) is 3. The number of thioether (sulfide) groups is 1. The molecule has 4 aromatic carbocycles. The number of para-hydroxylation sites is 1. The van der Waals surface area contributed by atoms with E-state index in [1.165, 1.54) is 11.8 Å². The molecule has 0 bridgehead atoms. The highest BCUT2D eigenvalue weighted by atomic mass is 35.5. The summed E-state index contributed by atoms with van der Waals surface area (Å²) in [5, 5.41) is 8.87. The second-order valence-corrected chi connectivity index (χ2v) is 10.6. The van der Waals surface area contributed by atoms with E-state index in [-0.39, 0.29) is 17.4 Å². The van der Waals surface area contributed by atoms with E-state index in [1.807, 2.05) is 55.4 Å². The van der Waals surface area contributed by atoms with Crippen molar-refractivity contribution in [2.75, 3.05) is 35.4 Å². The van der Waals surface area contributed by atoms with Crippen LogP contribution >= 0.6 is 23.4 Å². The summed E-state index contributed by atoms with van der Waals surface area (Å²) in [6.07, 6.45) is 1.63. The summed E-state index contributed by atoms with van der Waals surface area (Å²) in [5.41, 5.74) is 3.36. The van der Waals surface area contributed by atoms with E-state index < -0.39 is 11.8 Å². The van der Waals surface area contributed by atoms with Crippen LogP contribution in [-0.2, 0) is 9.59 Å². The van der Waals surface area contributed by atoms with Gasteiger partial charge in [-0.1, -0.05) is 60.1 Å². The molecule has 0 fully saturated rings. The van der Waals surface area contributed by atoms with Crippen LogP contribution in [0.4, 0.5) is 17.1 Å². The molecule has 4 rings (SSSR count). The van der Waals surface area contributed by atoms with Crippen molar-refractivity contribution in [3.8, 4) is 0 Å². The third-order valence-electron chi connectivity index (χ3n) is 5.86. The minimum absolute atomic E-state index is 0.0913. The SMILES string of the molecule is CN(C)c1ccc(/C=C(/NC(=O)c2ccccc2)C(=O)Nc2cccc(SCC(=O)Nc3ccccc3Cl)c2)cc1. The maximum absolute atomic E-state index is 13.4. The zero-order valence-corrected chi connectivity index (χ0v) is 24.1. The summed E-state index contributed by atoms with van der Waals surface area (Å²) in [7, 11) is 3.89. The molecule has 41 heavy (non-hydrogen) atoms. The Labute approximate surface area is 248 Å². The number of anilines is 3. The Morgan fingerprint density at radius 1 is 0.829 bits per heavy atom. The molecule has 0 aliphatic heterocycles. The molecule has 0 atom stereocenters. The molecular weight excluding hydrogens is 556 g/mol. The predicted octanol–water partition coefficient (Wildman–Crippen LogP) is 6.55. The fourth-order valence-corrected chi connectivity index (χ4v) is 4.68. The Morgan fingerprint density at radius 3 is 2.24 bits per heavy atom. The van der Waals surface area contributed by atoms with Gasteiger partial charge in [0.2, 0.25) is 5.91 Å². The zero-order chi connectivity index (χ0) is 29.2.